The van der Waals surface area contributed by atoms with Gasteiger partial charge in [-0.2, -0.15) is 5.10 Å². The monoisotopic (exact) mass is 374 g/mol. The summed E-state index contributed by atoms with van der Waals surface area (Å²) in [6, 6.07) is 9.51. The van der Waals surface area contributed by atoms with Crippen molar-refractivity contribution in [1.29, 1.82) is 0 Å². The Balaban J connectivity index is 1.49. The molecule has 0 radical (unpaired) electrons. The van der Waals surface area contributed by atoms with E-state index in [1.54, 1.807) is 12.4 Å². The predicted octanol–water partition coefficient (Wildman–Crippen LogP) is 2.92. The highest BCUT2D eigenvalue weighted by Gasteiger charge is 2.29. The molecule has 5 rings (SSSR count). The number of nitrogens with zero attached hydrogens (tertiary/aromatic N) is 5. The van der Waals surface area contributed by atoms with Gasteiger partial charge in [-0.05, 0) is 37.6 Å². The van der Waals surface area contributed by atoms with E-state index in [1.807, 2.05) is 42.8 Å². The Morgan fingerprint density at radius 2 is 2.14 bits per heavy atom. The number of phenolic OH excluding ortho intramolecular Hbond substituents is 1. The van der Waals surface area contributed by atoms with Crippen LogP contribution >= 0.6 is 0 Å². The van der Waals surface area contributed by atoms with Gasteiger partial charge in [-0.1, -0.05) is 12.1 Å². The third kappa shape index (κ3) is 2.84. The number of hydrogen-bond donors (Lipinski definition) is 2. The molecule has 142 valence electrons. The van der Waals surface area contributed by atoms with E-state index >= 15 is 0 Å². The Morgan fingerprint density at radius 3 is 3.00 bits per heavy atom. The molecule has 1 aromatic carbocycles. The summed E-state index contributed by atoms with van der Waals surface area (Å²) in [7, 11) is 0. The average Bonchev–Trinajstić information content (AvgIpc) is 3.28. The Hall–Kier alpha value is -3.19. The summed E-state index contributed by atoms with van der Waals surface area (Å²) in [6.45, 7) is 6.44. The van der Waals surface area contributed by atoms with Crippen molar-refractivity contribution in [1.82, 2.24) is 29.5 Å². The molecule has 0 saturated carbocycles. The van der Waals surface area contributed by atoms with Crippen LogP contribution in [0.5, 0.6) is 5.75 Å². The Morgan fingerprint density at radius 1 is 1.25 bits per heavy atom. The van der Waals surface area contributed by atoms with Gasteiger partial charge < -0.3 is 10.1 Å². The van der Waals surface area contributed by atoms with Gasteiger partial charge in [-0.15, -0.1) is 0 Å². The van der Waals surface area contributed by atoms with Crippen molar-refractivity contribution < 1.29 is 5.11 Å². The fraction of sp³-hybridized carbons (Fsp3) is 0.286. The molecule has 4 aromatic rings. The van der Waals surface area contributed by atoms with E-state index in [9.17, 15) is 5.11 Å². The third-order valence-electron chi connectivity index (χ3n) is 5.42. The molecule has 0 fully saturated rings. The molecule has 7 heteroatoms. The van der Waals surface area contributed by atoms with Gasteiger partial charge in [-0.3, -0.25) is 4.90 Å². The quantitative estimate of drug-likeness (QED) is 0.576. The third-order valence-corrected chi connectivity index (χ3v) is 5.42. The zero-order chi connectivity index (χ0) is 19.3. The molecule has 0 spiro atoms. The fourth-order valence-electron chi connectivity index (χ4n) is 4.18. The van der Waals surface area contributed by atoms with Crippen molar-refractivity contribution in [3.63, 3.8) is 0 Å². The van der Waals surface area contributed by atoms with Crippen LogP contribution in [0, 0.1) is 13.8 Å². The summed E-state index contributed by atoms with van der Waals surface area (Å²) < 4.78 is 1.90. The summed E-state index contributed by atoms with van der Waals surface area (Å²) in [6.07, 6.45) is 3.67. The van der Waals surface area contributed by atoms with Crippen molar-refractivity contribution >= 4 is 5.65 Å². The first-order valence-corrected chi connectivity index (χ1v) is 9.43. The molecule has 4 heterocycles. The Kier molecular flexibility index (Phi) is 3.91. The molecule has 1 aliphatic rings. The van der Waals surface area contributed by atoms with Crippen molar-refractivity contribution in [3.05, 3.63) is 76.8 Å². The average molecular weight is 374 g/mol. The Labute approximate surface area is 162 Å². The van der Waals surface area contributed by atoms with Crippen LogP contribution in [0.25, 0.3) is 5.65 Å². The molecule has 1 unspecified atom stereocenters. The molecule has 2 N–H and O–H groups in total. The predicted molar refractivity (Wildman–Crippen MR) is 105 cm³/mol. The van der Waals surface area contributed by atoms with E-state index in [0.29, 0.717) is 0 Å². The number of aromatic nitrogens is 5. The lowest BCUT2D eigenvalue weighted by Gasteiger charge is -2.32. The zero-order valence-corrected chi connectivity index (χ0v) is 15.9. The van der Waals surface area contributed by atoms with E-state index in [2.05, 4.69) is 26.0 Å². The SMILES string of the molecule is Cc1cc(C)n2ncc(CN3Cc4[nH]cnc4C(c4cccc(O)c4)C3)c2n1. The lowest BCUT2D eigenvalue weighted by atomic mass is 9.90. The van der Waals surface area contributed by atoms with E-state index in [4.69, 9.17) is 4.98 Å². The summed E-state index contributed by atoms with van der Waals surface area (Å²) in [4.78, 5) is 14.9. The van der Waals surface area contributed by atoms with E-state index in [-0.39, 0.29) is 11.7 Å². The lowest BCUT2D eigenvalue weighted by molar-refractivity contribution is 0.228. The second-order valence-electron chi connectivity index (χ2n) is 7.53. The number of imidazole rings is 1. The van der Waals surface area contributed by atoms with E-state index < -0.39 is 0 Å². The van der Waals surface area contributed by atoms with Gasteiger partial charge in [0.25, 0.3) is 0 Å². The normalized spacial score (nSPS) is 17.1. The van der Waals surface area contributed by atoms with Crippen molar-refractivity contribution in [2.75, 3.05) is 6.54 Å². The first kappa shape index (κ1) is 16.9. The molecule has 7 nitrogen and oxygen atoms in total. The molecule has 1 aliphatic heterocycles. The summed E-state index contributed by atoms with van der Waals surface area (Å²) in [5.41, 5.74) is 7.37. The van der Waals surface area contributed by atoms with Crippen LogP contribution in [-0.2, 0) is 13.1 Å². The number of aryl methyl sites for hydroxylation is 2. The van der Waals surface area contributed by atoms with E-state index in [0.717, 1.165) is 59.2 Å². The summed E-state index contributed by atoms with van der Waals surface area (Å²) in [5.74, 6) is 0.393. The highest BCUT2D eigenvalue weighted by molar-refractivity contribution is 5.48. The van der Waals surface area contributed by atoms with Crippen LogP contribution in [0.4, 0.5) is 0 Å². The van der Waals surface area contributed by atoms with Gasteiger partial charge in [0.05, 0.1) is 23.9 Å². The molecule has 0 amide bonds. The van der Waals surface area contributed by atoms with Gasteiger partial charge >= 0.3 is 0 Å². The number of benzene rings is 1. The number of H-pyrrole nitrogens is 1. The van der Waals surface area contributed by atoms with Crippen LogP contribution < -0.4 is 0 Å². The number of hydrogen-bond acceptors (Lipinski definition) is 5. The molecule has 0 aliphatic carbocycles. The Bertz CT molecular complexity index is 1160. The molecular formula is C21H22N6O. The smallest absolute Gasteiger partial charge is 0.159 e. The maximum Gasteiger partial charge on any atom is 0.159 e. The number of phenols is 1. The molecule has 28 heavy (non-hydrogen) atoms. The number of aromatic amines is 1. The van der Waals surface area contributed by atoms with Gasteiger partial charge in [0, 0.05) is 42.5 Å². The molecule has 0 saturated heterocycles. The van der Waals surface area contributed by atoms with Crippen LogP contribution in [-0.4, -0.2) is 41.1 Å². The second kappa shape index (κ2) is 6.45. The first-order valence-electron chi connectivity index (χ1n) is 9.43. The summed E-state index contributed by atoms with van der Waals surface area (Å²) >= 11 is 0. The van der Waals surface area contributed by atoms with Crippen molar-refractivity contribution in [2.45, 2.75) is 32.9 Å². The minimum Gasteiger partial charge on any atom is -0.508 e. The molecule has 0 bridgehead atoms. The van der Waals surface area contributed by atoms with Gasteiger partial charge in [0.1, 0.15) is 5.75 Å². The number of fused-ring (bicyclic) bond motifs is 2. The van der Waals surface area contributed by atoms with E-state index in [1.165, 1.54) is 0 Å². The minimum absolute atomic E-state index is 0.111. The largest absolute Gasteiger partial charge is 0.508 e. The topological polar surface area (TPSA) is 82.3 Å². The first-order chi connectivity index (χ1) is 13.6. The summed E-state index contributed by atoms with van der Waals surface area (Å²) in [5, 5.41) is 14.4. The standard InChI is InChI=1S/C21H22N6O/c1-13-6-14(2)27-21(25-13)16(8-24-27)9-26-10-18(15-4-3-5-17(28)7-15)20-19(11-26)22-12-23-20/h3-8,12,18,28H,9-11H2,1-2H3,(H,22,23). The highest BCUT2D eigenvalue weighted by atomic mass is 16.3. The molecular weight excluding hydrogens is 352 g/mol. The van der Waals surface area contributed by atoms with Crippen LogP contribution in [0.1, 0.15) is 39.8 Å². The number of aromatic hydroxyl groups is 1. The van der Waals surface area contributed by atoms with Crippen LogP contribution in [0.3, 0.4) is 0 Å². The van der Waals surface area contributed by atoms with Crippen LogP contribution in [0.15, 0.2) is 42.9 Å². The second-order valence-corrected chi connectivity index (χ2v) is 7.53. The zero-order valence-electron chi connectivity index (χ0n) is 15.9. The van der Waals surface area contributed by atoms with Crippen LogP contribution in [0.2, 0.25) is 0 Å². The highest BCUT2D eigenvalue weighted by Crippen LogP contribution is 2.33. The van der Waals surface area contributed by atoms with Crippen molar-refractivity contribution in [2.24, 2.45) is 0 Å². The lowest BCUT2D eigenvalue weighted by Crippen LogP contribution is -2.33. The maximum atomic E-state index is 9.92. The minimum atomic E-state index is 0.111. The fourth-order valence-corrected chi connectivity index (χ4v) is 4.18. The number of nitrogens with one attached hydrogen (secondary N) is 1. The number of rotatable bonds is 3. The van der Waals surface area contributed by atoms with Gasteiger partial charge in [-0.25, -0.2) is 14.5 Å². The molecule has 1 atom stereocenters. The molecule has 3 aromatic heterocycles. The van der Waals surface area contributed by atoms with Gasteiger partial charge in [0.15, 0.2) is 5.65 Å². The van der Waals surface area contributed by atoms with Crippen molar-refractivity contribution in [3.8, 4) is 5.75 Å². The van der Waals surface area contributed by atoms with Gasteiger partial charge in [0.2, 0.25) is 0 Å². The maximum absolute atomic E-state index is 9.92.